The second kappa shape index (κ2) is 12.0. The number of ether oxygens (including phenoxy) is 1. The Hall–Kier alpha value is -1.51. The molecular formula is C19H31IN4O2. The van der Waals surface area contributed by atoms with Gasteiger partial charge in [-0.05, 0) is 44.7 Å². The zero-order valence-corrected chi connectivity index (χ0v) is 18.3. The number of likely N-dealkylation sites (tertiary alicyclic amines) is 1. The molecule has 0 aromatic heterocycles. The number of piperidine rings is 1. The molecule has 2 N–H and O–H groups in total. The van der Waals surface area contributed by atoms with Crippen LogP contribution in [0.4, 0.5) is 4.79 Å². The molecule has 1 amide bonds. The lowest BCUT2D eigenvalue weighted by Crippen LogP contribution is -2.49. The van der Waals surface area contributed by atoms with Crippen LogP contribution in [-0.4, -0.2) is 49.2 Å². The largest absolute Gasteiger partial charge is 0.450 e. The summed E-state index contributed by atoms with van der Waals surface area (Å²) in [5.74, 6) is 0.834. The van der Waals surface area contributed by atoms with Gasteiger partial charge in [0.25, 0.3) is 0 Å². The summed E-state index contributed by atoms with van der Waals surface area (Å²) in [5, 5.41) is 6.81. The Bertz CT molecular complexity index is 587. The van der Waals surface area contributed by atoms with Crippen molar-refractivity contribution in [2.24, 2.45) is 4.99 Å². The predicted molar refractivity (Wildman–Crippen MR) is 116 cm³/mol. The van der Waals surface area contributed by atoms with Gasteiger partial charge in [0.15, 0.2) is 5.96 Å². The highest BCUT2D eigenvalue weighted by Gasteiger charge is 2.23. The third kappa shape index (κ3) is 7.01. The van der Waals surface area contributed by atoms with Gasteiger partial charge in [0.1, 0.15) is 0 Å². The summed E-state index contributed by atoms with van der Waals surface area (Å²) in [6, 6.07) is 8.63. The van der Waals surface area contributed by atoms with E-state index in [0.717, 1.165) is 25.3 Å². The minimum absolute atomic E-state index is 0. The highest BCUT2D eigenvalue weighted by molar-refractivity contribution is 14.0. The average molecular weight is 474 g/mol. The van der Waals surface area contributed by atoms with Gasteiger partial charge < -0.3 is 20.3 Å². The van der Waals surface area contributed by atoms with Crippen molar-refractivity contribution < 1.29 is 9.53 Å². The van der Waals surface area contributed by atoms with Crippen LogP contribution in [0.15, 0.2) is 29.3 Å². The molecule has 2 rings (SSSR count). The number of aryl methyl sites for hydroxylation is 1. The summed E-state index contributed by atoms with van der Waals surface area (Å²) in [6.45, 7) is 9.34. The molecule has 0 atom stereocenters. The molecule has 1 aliphatic rings. The molecule has 1 fully saturated rings. The molecule has 0 spiro atoms. The number of nitrogens with one attached hydrogen (secondary N) is 2. The first-order valence-corrected chi connectivity index (χ1v) is 9.15. The van der Waals surface area contributed by atoms with Crippen molar-refractivity contribution in [2.75, 3.05) is 26.2 Å². The zero-order valence-electron chi connectivity index (χ0n) is 16.0. The molecule has 1 aliphatic heterocycles. The van der Waals surface area contributed by atoms with Crippen LogP contribution in [0.1, 0.15) is 37.8 Å². The topological polar surface area (TPSA) is 66.0 Å². The average Bonchev–Trinajstić information content (AvgIpc) is 2.62. The molecule has 26 heavy (non-hydrogen) atoms. The molecule has 1 saturated heterocycles. The normalized spacial score (nSPS) is 15.2. The lowest BCUT2D eigenvalue weighted by Gasteiger charge is -2.32. The van der Waals surface area contributed by atoms with Gasteiger partial charge in [-0.1, -0.05) is 24.3 Å². The maximum atomic E-state index is 11.8. The van der Waals surface area contributed by atoms with E-state index in [0.29, 0.717) is 32.3 Å². The first-order valence-electron chi connectivity index (χ1n) is 9.15. The molecule has 0 radical (unpaired) electrons. The van der Waals surface area contributed by atoms with Crippen LogP contribution in [0, 0.1) is 6.92 Å². The maximum absolute atomic E-state index is 11.8. The molecule has 146 valence electrons. The van der Waals surface area contributed by atoms with E-state index in [-0.39, 0.29) is 30.1 Å². The fourth-order valence-corrected chi connectivity index (χ4v) is 2.89. The molecule has 0 saturated carbocycles. The molecule has 1 heterocycles. The number of carbonyl (C=O) groups excluding carboxylic acids is 1. The number of nitrogens with zero attached hydrogens (tertiary/aromatic N) is 2. The van der Waals surface area contributed by atoms with Crippen molar-refractivity contribution in [3.63, 3.8) is 0 Å². The summed E-state index contributed by atoms with van der Waals surface area (Å²) in [4.78, 5) is 18.3. The van der Waals surface area contributed by atoms with Gasteiger partial charge in [0, 0.05) is 25.7 Å². The first kappa shape index (κ1) is 22.5. The van der Waals surface area contributed by atoms with Gasteiger partial charge in [-0.15, -0.1) is 24.0 Å². The molecule has 7 heteroatoms. The zero-order chi connectivity index (χ0) is 18.1. The fraction of sp³-hybridized carbons (Fsp3) is 0.579. The quantitative estimate of drug-likeness (QED) is 0.391. The van der Waals surface area contributed by atoms with Crippen LogP contribution >= 0.6 is 24.0 Å². The highest BCUT2D eigenvalue weighted by Crippen LogP contribution is 2.12. The van der Waals surface area contributed by atoms with E-state index in [1.165, 1.54) is 11.1 Å². The van der Waals surface area contributed by atoms with E-state index in [1.54, 1.807) is 4.90 Å². The van der Waals surface area contributed by atoms with Gasteiger partial charge in [0.05, 0.1) is 13.2 Å². The lowest BCUT2D eigenvalue weighted by molar-refractivity contribution is 0.0963. The Morgan fingerprint density at radius 1 is 1.27 bits per heavy atom. The predicted octanol–water partition coefficient (Wildman–Crippen LogP) is 3.29. The molecule has 0 unspecified atom stereocenters. The molecular weight excluding hydrogens is 443 g/mol. The maximum Gasteiger partial charge on any atom is 0.409 e. The number of guanidine groups is 1. The van der Waals surface area contributed by atoms with E-state index in [2.05, 4.69) is 36.6 Å². The SMILES string of the molecule is CCNC(=NCc1ccccc1C)NC1CCN(C(=O)OCC)CC1.I. The van der Waals surface area contributed by atoms with Gasteiger partial charge >= 0.3 is 6.09 Å². The van der Waals surface area contributed by atoms with Gasteiger partial charge in [-0.25, -0.2) is 9.79 Å². The number of halogens is 1. The van der Waals surface area contributed by atoms with E-state index in [4.69, 9.17) is 9.73 Å². The monoisotopic (exact) mass is 474 g/mol. The number of amides is 1. The third-order valence-electron chi connectivity index (χ3n) is 4.37. The van der Waals surface area contributed by atoms with Gasteiger partial charge in [-0.2, -0.15) is 0 Å². The highest BCUT2D eigenvalue weighted by atomic mass is 127. The smallest absolute Gasteiger partial charge is 0.409 e. The first-order chi connectivity index (χ1) is 12.1. The number of aliphatic imine (C=N–C) groups is 1. The van der Waals surface area contributed by atoms with Crippen molar-refractivity contribution in [2.45, 2.75) is 46.2 Å². The summed E-state index contributed by atoms with van der Waals surface area (Å²) in [5.41, 5.74) is 2.49. The summed E-state index contributed by atoms with van der Waals surface area (Å²) >= 11 is 0. The third-order valence-corrected chi connectivity index (χ3v) is 4.37. The second-order valence-corrected chi connectivity index (χ2v) is 6.23. The standard InChI is InChI=1S/C19H30N4O2.HI/c1-4-20-18(21-14-16-9-7-6-8-15(16)3)22-17-10-12-23(13-11-17)19(24)25-5-2;/h6-9,17H,4-5,10-14H2,1-3H3,(H2,20,21,22);1H. The lowest BCUT2D eigenvalue weighted by atomic mass is 10.1. The molecule has 0 aliphatic carbocycles. The number of benzene rings is 1. The minimum atomic E-state index is -0.207. The number of hydrogen-bond acceptors (Lipinski definition) is 3. The Balaban J connectivity index is 0.00000338. The van der Waals surface area contributed by atoms with Crippen molar-refractivity contribution in [3.05, 3.63) is 35.4 Å². The molecule has 1 aromatic carbocycles. The number of rotatable bonds is 5. The number of carbonyl (C=O) groups is 1. The van der Waals surface area contributed by atoms with Crippen LogP contribution < -0.4 is 10.6 Å². The van der Waals surface area contributed by atoms with Crippen LogP contribution in [0.3, 0.4) is 0 Å². The van der Waals surface area contributed by atoms with Crippen molar-refractivity contribution >= 4 is 36.0 Å². The van der Waals surface area contributed by atoms with Crippen molar-refractivity contribution in [3.8, 4) is 0 Å². The molecule has 0 bridgehead atoms. The second-order valence-electron chi connectivity index (χ2n) is 6.23. The van der Waals surface area contributed by atoms with Crippen molar-refractivity contribution in [1.82, 2.24) is 15.5 Å². The van der Waals surface area contributed by atoms with Crippen LogP contribution in [0.25, 0.3) is 0 Å². The van der Waals surface area contributed by atoms with Crippen LogP contribution in [0.5, 0.6) is 0 Å². The van der Waals surface area contributed by atoms with Crippen LogP contribution in [-0.2, 0) is 11.3 Å². The minimum Gasteiger partial charge on any atom is -0.450 e. The Morgan fingerprint density at radius 2 is 1.96 bits per heavy atom. The van der Waals surface area contributed by atoms with E-state index in [9.17, 15) is 4.79 Å². The summed E-state index contributed by atoms with van der Waals surface area (Å²) in [6.07, 6.45) is 1.59. The fourth-order valence-electron chi connectivity index (χ4n) is 2.89. The Labute approximate surface area is 173 Å². The molecule has 1 aromatic rings. The molecule has 6 nitrogen and oxygen atoms in total. The van der Waals surface area contributed by atoms with Crippen LogP contribution in [0.2, 0.25) is 0 Å². The number of hydrogen-bond donors (Lipinski definition) is 2. The van der Waals surface area contributed by atoms with E-state index < -0.39 is 0 Å². The van der Waals surface area contributed by atoms with Gasteiger partial charge in [0.2, 0.25) is 0 Å². The van der Waals surface area contributed by atoms with E-state index in [1.807, 2.05) is 19.1 Å². The Morgan fingerprint density at radius 3 is 2.58 bits per heavy atom. The van der Waals surface area contributed by atoms with Crippen molar-refractivity contribution in [1.29, 1.82) is 0 Å². The summed E-state index contributed by atoms with van der Waals surface area (Å²) < 4.78 is 5.07. The summed E-state index contributed by atoms with van der Waals surface area (Å²) in [7, 11) is 0. The van der Waals surface area contributed by atoms with Gasteiger partial charge in [-0.3, -0.25) is 0 Å². The van der Waals surface area contributed by atoms with E-state index >= 15 is 0 Å². The Kier molecular flexibility index (Phi) is 10.4.